The summed E-state index contributed by atoms with van der Waals surface area (Å²) in [4.78, 5) is 20.9. The topological polar surface area (TPSA) is 77.2 Å². The molecule has 0 aromatic carbocycles. The molecule has 2 N–H and O–H groups in total. The molecule has 1 aromatic heterocycles. The van der Waals surface area contributed by atoms with Crippen molar-refractivity contribution in [2.75, 3.05) is 39.3 Å². The van der Waals surface area contributed by atoms with Gasteiger partial charge < -0.3 is 10.2 Å². The van der Waals surface area contributed by atoms with Crippen molar-refractivity contribution in [2.45, 2.75) is 25.8 Å². The van der Waals surface area contributed by atoms with E-state index in [2.05, 4.69) is 25.4 Å². The zero-order valence-electron chi connectivity index (χ0n) is 12.1. The molecule has 2 saturated heterocycles. The Kier molecular flexibility index (Phi) is 3.71. The van der Waals surface area contributed by atoms with E-state index in [0.717, 1.165) is 45.1 Å². The number of carbonyl (C=O) groups excluding carboxylic acids is 1. The van der Waals surface area contributed by atoms with Gasteiger partial charge in [0.05, 0.1) is 0 Å². The molecule has 0 unspecified atom stereocenters. The van der Waals surface area contributed by atoms with E-state index in [4.69, 9.17) is 0 Å². The van der Waals surface area contributed by atoms with Crippen LogP contribution in [0.2, 0.25) is 0 Å². The minimum absolute atomic E-state index is 0.0560. The van der Waals surface area contributed by atoms with Crippen LogP contribution >= 0.6 is 0 Å². The molecule has 20 heavy (non-hydrogen) atoms. The first-order valence-corrected chi connectivity index (χ1v) is 7.31. The predicted octanol–water partition coefficient (Wildman–Crippen LogP) is -0.342. The third kappa shape index (κ3) is 2.55. The molecule has 1 aromatic rings. The molecule has 3 heterocycles. The second-order valence-corrected chi connectivity index (χ2v) is 5.84. The second kappa shape index (κ2) is 5.49. The first-order chi connectivity index (χ1) is 9.65. The molecule has 0 radical (unpaired) electrons. The molecule has 2 fully saturated rings. The van der Waals surface area contributed by atoms with E-state index in [-0.39, 0.29) is 11.8 Å². The van der Waals surface area contributed by atoms with Gasteiger partial charge in [0.15, 0.2) is 0 Å². The number of H-pyrrole nitrogens is 1. The van der Waals surface area contributed by atoms with Crippen molar-refractivity contribution in [3.63, 3.8) is 0 Å². The van der Waals surface area contributed by atoms with Gasteiger partial charge in [0, 0.05) is 51.2 Å². The maximum atomic E-state index is 12.3. The molecule has 7 heteroatoms. The Morgan fingerprint density at radius 1 is 1.25 bits per heavy atom. The standard InChI is InChI=1S/C13H22N6O/c1-9(2)11-15-12(17-16-11)13(20)19-5-3-18(4-6-19)10-7-14-8-10/h9-10,14H,3-8H2,1-2H3,(H,15,16,17). The van der Waals surface area contributed by atoms with Gasteiger partial charge in [0.25, 0.3) is 5.91 Å². The number of amides is 1. The number of nitrogens with one attached hydrogen (secondary N) is 2. The summed E-state index contributed by atoms with van der Waals surface area (Å²) in [6, 6.07) is 0.656. The van der Waals surface area contributed by atoms with Gasteiger partial charge in [-0.25, -0.2) is 4.98 Å². The molecule has 0 saturated carbocycles. The van der Waals surface area contributed by atoms with Crippen LogP contribution in [0.5, 0.6) is 0 Å². The zero-order chi connectivity index (χ0) is 14.1. The van der Waals surface area contributed by atoms with Crippen molar-refractivity contribution in [3.05, 3.63) is 11.6 Å². The van der Waals surface area contributed by atoms with Gasteiger partial charge in [-0.15, -0.1) is 5.10 Å². The molecule has 0 spiro atoms. The first kappa shape index (κ1) is 13.5. The summed E-state index contributed by atoms with van der Waals surface area (Å²) in [7, 11) is 0. The fraction of sp³-hybridized carbons (Fsp3) is 0.769. The summed E-state index contributed by atoms with van der Waals surface area (Å²) in [6.45, 7) is 9.63. The molecule has 1 amide bonds. The van der Waals surface area contributed by atoms with Crippen molar-refractivity contribution in [2.24, 2.45) is 0 Å². The second-order valence-electron chi connectivity index (χ2n) is 5.84. The van der Waals surface area contributed by atoms with Crippen molar-refractivity contribution in [1.82, 2.24) is 30.3 Å². The van der Waals surface area contributed by atoms with Gasteiger partial charge >= 0.3 is 0 Å². The van der Waals surface area contributed by atoms with Crippen LogP contribution in [0, 0.1) is 0 Å². The van der Waals surface area contributed by atoms with Crippen molar-refractivity contribution in [1.29, 1.82) is 0 Å². The lowest BCUT2D eigenvalue weighted by Crippen LogP contribution is -2.62. The van der Waals surface area contributed by atoms with Crippen LogP contribution in [0.4, 0.5) is 0 Å². The lowest BCUT2D eigenvalue weighted by Gasteiger charge is -2.43. The number of rotatable bonds is 3. The van der Waals surface area contributed by atoms with Crippen LogP contribution in [-0.2, 0) is 0 Å². The number of piperazine rings is 1. The highest BCUT2D eigenvalue weighted by Crippen LogP contribution is 2.13. The SMILES string of the molecule is CC(C)c1nc(C(=O)N2CCN(C3CNC3)CC2)n[nH]1. The summed E-state index contributed by atoms with van der Waals surface area (Å²) >= 11 is 0. The van der Waals surface area contributed by atoms with E-state index in [1.54, 1.807) is 0 Å². The van der Waals surface area contributed by atoms with Crippen molar-refractivity contribution < 1.29 is 4.79 Å². The Hall–Kier alpha value is -1.47. The van der Waals surface area contributed by atoms with Gasteiger partial charge in [-0.2, -0.15) is 0 Å². The summed E-state index contributed by atoms with van der Waals surface area (Å²) in [5, 5.41) is 10.2. The molecular weight excluding hydrogens is 256 g/mol. The fourth-order valence-electron chi connectivity index (χ4n) is 2.59. The summed E-state index contributed by atoms with van der Waals surface area (Å²) in [5.74, 6) is 1.27. The number of hydrogen-bond donors (Lipinski definition) is 2. The van der Waals surface area contributed by atoms with E-state index in [0.29, 0.717) is 11.9 Å². The smallest absolute Gasteiger partial charge is 0.293 e. The van der Waals surface area contributed by atoms with E-state index in [9.17, 15) is 4.79 Å². The van der Waals surface area contributed by atoms with E-state index in [1.807, 2.05) is 18.7 Å². The summed E-state index contributed by atoms with van der Waals surface area (Å²) in [5.41, 5.74) is 0. The molecule has 0 bridgehead atoms. The number of aromatic nitrogens is 3. The first-order valence-electron chi connectivity index (χ1n) is 7.31. The van der Waals surface area contributed by atoms with Crippen LogP contribution < -0.4 is 5.32 Å². The predicted molar refractivity (Wildman–Crippen MR) is 74.6 cm³/mol. The average molecular weight is 278 g/mol. The molecular formula is C13H22N6O. The lowest BCUT2D eigenvalue weighted by atomic mass is 10.1. The van der Waals surface area contributed by atoms with E-state index < -0.39 is 0 Å². The number of aromatic amines is 1. The Morgan fingerprint density at radius 2 is 1.95 bits per heavy atom. The van der Waals surface area contributed by atoms with Crippen LogP contribution in [0.1, 0.15) is 36.2 Å². The quantitative estimate of drug-likeness (QED) is 0.791. The minimum Gasteiger partial charge on any atom is -0.333 e. The summed E-state index contributed by atoms with van der Waals surface area (Å²) in [6.07, 6.45) is 0. The highest BCUT2D eigenvalue weighted by molar-refractivity contribution is 5.90. The minimum atomic E-state index is -0.0560. The van der Waals surface area contributed by atoms with Crippen LogP contribution in [0.15, 0.2) is 0 Å². The fourth-order valence-corrected chi connectivity index (χ4v) is 2.59. The Morgan fingerprint density at radius 3 is 2.45 bits per heavy atom. The largest absolute Gasteiger partial charge is 0.333 e. The van der Waals surface area contributed by atoms with Gasteiger partial charge in [0.2, 0.25) is 5.82 Å². The maximum Gasteiger partial charge on any atom is 0.293 e. The maximum absolute atomic E-state index is 12.3. The van der Waals surface area contributed by atoms with Crippen LogP contribution in [0.3, 0.4) is 0 Å². The Bertz CT molecular complexity index is 473. The molecule has 3 rings (SSSR count). The van der Waals surface area contributed by atoms with E-state index >= 15 is 0 Å². The Balaban J connectivity index is 1.57. The average Bonchev–Trinajstić information content (AvgIpc) is 2.86. The van der Waals surface area contributed by atoms with Crippen molar-refractivity contribution in [3.8, 4) is 0 Å². The third-order valence-corrected chi connectivity index (χ3v) is 4.12. The van der Waals surface area contributed by atoms with Crippen LogP contribution in [-0.4, -0.2) is 76.2 Å². The Labute approximate surface area is 118 Å². The van der Waals surface area contributed by atoms with Gasteiger partial charge in [-0.05, 0) is 0 Å². The van der Waals surface area contributed by atoms with Gasteiger partial charge in [-0.1, -0.05) is 13.8 Å². The molecule has 2 aliphatic heterocycles. The highest BCUT2D eigenvalue weighted by Gasteiger charge is 2.30. The monoisotopic (exact) mass is 278 g/mol. The highest BCUT2D eigenvalue weighted by atomic mass is 16.2. The normalized spacial score (nSPS) is 21.2. The molecule has 110 valence electrons. The summed E-state index contributed by atoms with van der Waals surface area (Å²) < 4.78 is 0. The van der Waals surface area contributed by atoms with Gasteiger partial charge in [0.1, 0.15) is 5.82 Å². The van der Waals surface area contributed by atoms with Gasteiger partial charge in [-0.3, -0.25) is 14.8 Å². The number of nitrogens with zero attached hydrogens (tertiary/aromatic N) is 4. The molecule has 2 aliphatic rings. The molecule has 0 aliphatic carbocycles. The third-order valence-electron chi connectivity index (χ3n) is 4.12. The van der Waals surface area contributed by atoms with E-state index in [1.165, 1.54) is 0 Å². The van der Waals surface area contributed by atoms with Crippen molar-refractivity contribution >= 4 is 5.91 Å². The number of carbonyl (C=O) groups is 1. The number of hydrogen-bond acceptors (Lipinski definition) is 5. The zero-order valence-corrected chi connectivity index (χ0v) is 12.1. The molecule has 7 nitrogen and oxygen atoms in total. The lowest BCUT2D eigenvalue weighted by molar-refractivity contribution is 0.0492. The molecule has 0 atom stereocenters. The van der Waals surface area contributed by atoms with Crippen LogP contribution in [0.25, 0.3) is 0 Å².